The molecular formula is C19H19N3O2. The number of aromatic hydroxyl groups is 1. The molecule has 0 spiro atoms. The maximum absolute atomic E-state index is 12.7. The Morgan fingerprint density at radius 2 is 1.67 bits per heavy atom. The fourth-order valence-corrected chi connectivity index (χ4v) is 2.51. The highest BCUT2D eigenvalue weighted by Gasteiger charge is 2.22. The number of hydrogen-bond donors (Lipinski definition) is 2. The van der Waals surface area contributed by atoms with Crippen molar-refractivity contribution in [1.29, 1.82) is 0 Å². The number of carbonyl (C=O) groups is 1. The first-order valence-corrected chi connectivity index (χ1v) is 7.72. The van der Waals surface area contributed by atoms with E-state index < -0.39 is 0 Å². The molecule has 0 radical (unpaired) electrons. The van der Waals surface area contributed by atoms with Crippen LogP contribution in [0.1, 0.15) is 42.4 Å². The lowest BCUT2D eigenvalue weighted by Crippen LogP contribution is -2.10. The second kappa shape index (κ2) is 5.92. The fourth-order valence-electron chi connectivity index (χ4n) is 2.51. The van der Waals surface area contributed by atoms with Gasteiger partial charge in [-0.2, -0.15) is 15.4 Å². The van der Waals surface area contributed by atoms with Gasteiger partial charge >= 0.3 is 0 Å². The van der Waals surface area contributed by atoms with Gasteiger partial charge < -0.3 is 5.11 Å². The average Bonchev–Trinajstić information content (AvgIpc) is 3.03. The first-order chi connectivity index (χ1) is 11.4. The van der Waals surface area contributed by atoms with Gasteiger partial charge in [0.2, 0.25) is 5.78 Å². The van der Waals surface area contributed by atoms with E-state index in [0.717, 1.165) is 5.56 Å². The number of nitrogens with one attached hydrogen (secondary N) is 1. The molecule has 1 aromatic heterocycles. The number of rotatable bonds is 3. The highest BCUT2D eigenvalue weighted by Crippen LogP contribution is 2.28. The van der Waals surface area contributed by atoms with Gasteiger partial charge in [-0.1, -0.05) is 57.2 Å². The molecule has 5 heteroatoms. The Hall–Kier alpha value is -2.95. The van der Waals surface area contributed by atoms with Crippen molar-refractivity contribution in [1.82, 2.24) is 15.4 Å². The van der Waals surface area contributed by atoms with Crippen LogP contribution in [0, 0.1) is 0 Å². The molecule has 2 N–H and O–H groups in total. The lowest BCUT2D eigenvalue weighted by molar-refractivity contribution is 0.103. The zero-order chi connectivity index (χ0) is 17.3. The lowest BCUT2D eigenvalue weighted by Gasteiger charge is -2.18. The number of hydrogen-bond acceptors (Lipinski definition) is 4. The summed E-state index contributed by atoms with van der Waals surface area (Å²) in [6.07, 6.45) is 0. The van der Waals surface area contributed by atoms with E-state index in [1.165, 1.54) is 11.6 Å². The van der Waals surface area contributed by atoms with Crippen molar-refractivity contribution in [2.75, 3.05) is 0 Å². The number of benzene rings is 2. The summed E-state index contributed by atoms with van der Waals surface area (Å²) >= 11 is 0. The van der Waals surface area contributed by atoms with Crippen LogP contribution in [-0.4, -0.2) is 26.3 Å². The van der Waals surface area contributed by atoms with Crippen molar-refractivity contribution < 1.29 is 9.90 Å². The molecule has 0 amide bonds. The normalized spacial score (nSPS) is 11.5. The molecule has 5 nitrogen and oxygen atoms in total. The number of nitrogens with zero attached hydrogens (tertiary/aromatic N) is 2. The van der Waals surface area contributed by atoms with Crippen molar-refractivity contribution >= 4 is 5.78 Å². The summed E-state index contributed by atoms with van der Waals surface area (Å²) in [5.74, 6) is -0.434. The molecule has 0 saturated carbocycles. The smallest absolute Gasteiger partial charge is 0.219 e. The third-order valence-electron chi connectivity index (χ3n) is 3.94. The van der Waals surface area contributed by atoms with Gasteiger partial charge in [0.05, 0.1) is 5.56 Å². The molecule has 2 aromatic carbocycles. The number of phenols is 1. The summed E-state index contributed by atoms with van der Waals surface area (Å²) in [6.45, 7) is 6.43. The molecule has 24 heavy (non-hydrogen) atoms. The summed E-state index contributed by atoms with van der Waals surface area (Å²) < 4.78 is 0. The maximum atomic E-state index is 12.7. The van der Waals surface area contributed by atoms with Gasteiger partial charge in [-0.15, -0.1) is 0 Å². The molecule has 0 bridgehead atoms. The SMILES string of the molecule is CC(C)(C)c1ccc(-c2n[nH]nc2C(=O)c2ccccc2O)cc1. The van der Waals surface area contributed by atoms with Crippen molar-refractivity contribution in [2.24, 2.45) is 0 Å². The molecule has 0 fully saturated rings. The van der Waals surface area contributed by atoms with Gasteiger partial charge in [-0.25, -0.2) is 0 Å². The molecule has 122 valence electrons. The second-order valence-corrected chi connectivity index (χ2v) is 6.69. The van der Waals surface area contributed by atoms with Crippen molar-refractivity contribution in [3.63, 3.8) is 0 Å². The van der Waals surface area contributed by atoms with E-state index in [-0.39, 0.29) is 28.2 Å². The molecule has 0 saturated heterocycles. The molecular weight excluding hydrogens is 302 g/mol. The largest absolute Gasteiger partial charge is 0.507 e. The number of aromatic amines is 1. The molecule has 0 aliphatic rings. The Morgan fingerprint density at radius 3 is 2.29 bits per heavy atom. The van der Waals surface area contributed by atoms with Crippen molar-refractivity contribution in [3.05, 3.63) is 65.4 Å². The maximum Gasteiger partial charge on any atom is 0.219 e. The molecule has 3 aromatic rings. The fraction of sp³-hybridized carbons (Fsp3) is 0.211. The van der Waals surface area contributed by atoms with Gasteiger partial charge in [0.25, 0.3) is 0 Å². The summed E-state index contributed by atoms with van der Waals surface area (Å²) in [6, 6.07) is 14.3. The van der Waals surface area contributed by atoms with E-state index in [9.17, 15) is 9.90 Å². The first-order valence-electron chi connectivity index (χ1n) is 7.72. The number of ketones is 1. The highest BCUT2D eigenvalue weighted by molar-refractivity contribution is 6.12. The minimum absolute atomic E-state index is 0.0524. The summed E-state index contributed by atoms with van der Waals surface area (Å²) in [5, 5.41) is 20.5. The van der Waals surface area contributed by atoms with Crippen LogP contribution < -0.4 is 0 Å². The first kappa shape index (κ1) is 15.9. The Bertz CT molecular complexity index is 874. The van der Waals surface area contributed by atoms with E-state index in [2.05, 4.69) is 36.2 Å². The molecule has 1 heterocycles. The van der Waals surface area contributed by atoms with Crippen LogP contribution in [0.2, 0.25) is 0 Å². The standard InChI is InChI=1S/C19H19N3O2/c1-19(2,3)13-10-8-12(9-11-13)16-17(21-22-20-16)18(24)14-6-4-5-7-15(14)23/h4-11,23H,1-3H3,(H,20,21,22). The van der Waals surface area contributed by atoms with Gasteiger partial charge in [0.15, 0.2) is 5.69 Å². The number of carbonyl (C=O) groups excluding carboxylic acids is 1. The summed E-state index contributed by atoms with van der Waals surface area (Å²) in [5.41, 5.74) is 2.93. The predicted octanol–water partition coefficient (Wildman–Crippen LogP) is 3.71. The van der Waals surface area contributed by atoms with E-state index in [1.54, 1.807) is 18.2 Å². The average molecular weight is 321 g/mol. The number of para-hydroxylation sites is 1. The highest BCUT2D eigenvalue weighted by atomic mass is 16.3. The third kappa shape index (κ3) is 2.93. The minimum Gasteiger partial charge on any atom is -0.507 e. The summed E-state index contributed by atoms with van der Waals surface area (Å²) in [4.78, 5) is 12.7. The Morgan fingerprint density at radius 1 is 1.00 bits per heavy atom. The predicted molar refractivity (Wildman–Crippen MR) is 92.1 cm³/mol. The van der Waals surface area contributed by atoms with Gasteiger partial charge in [-0.3, -0.25) is 4.79 Å². The van der Waals surface area contributed by atoms with Crippen LogP contribution in [0.25, 0.3) is 11.3 Å². The Kier molecular flexibility index (Phi) is 3.93. The van der Waals surface area contributed by atoms with Gasteiger partial charge in [0, 0.05) is 5.56 Å². The topological polar surface area (TPSA) is 78.9 Å². The van der Waals surface area contributed by atoms with Crippen LogP contribution in [0.4, 0.5) is 0 Å². The summed E-state index contributed by atoms with van der Waals surface area (Å²) in [7, 11) is 0. The quantitative estimate of drug-likeness (QED) is 0.721. The van der Waals surface area contributed by atoms with Crippen molar-refractivity contribution in [2.45, 2.75) is 26.2 Å². The molecule has 0 aliphatic heterocycles. The molecule has 3 rings (SSSR count). The zero-order valence-corrected chi connectivity index (χ0v) is 13.9. The van der Waals surface area contributed by atoms with E-state index in [0.29, 0.717) is 5.69 Å². The monoisotopic (exact) mass is 321 g/mol. The Balaban J connectivity index is 1.99. The minimum atomic E-state index is -0.364. The number of phenolic OH excluding ortho intramolecular Hbond substituents is 1. The van der Waals surface area contributed by atoms with E-state index >= 15 is 0 Å². The molecule has 0 atom stereocenters. The lowest BCUT2D eigenvalue weighted by atomic mass is 9.86. The third-order valence-corrected chi connectivity index (χ3v) is 3.94. The van der Waals surface area contributed by atoms with Crippen LogP contribution in [0.5, 0.6) is 5.75 Å². The van der Waals surface area contributed by atoms with Gasteiger partial charge in [-0.05, 0) is 23.1 Å². The van der Waals surface area contributed by atoms with Crippen LogP contribution in [0.3, 0.4) is 0 Å². The molecule has 0 unspecified atom stereocenters. The van der Waals surface area contributed by atoms with E-state index in [4.69, 9.17) is 0 Å². The molecule has 0 aliphatic carbocycles. The van der Waals surface area contributed by atoms with Crippen LogP contribution in [0.15, 0.2) is 48.5 Å². The van der Waals surface area contributed by atoms with E-state index in [1.807, 2.05) is 24.3 Å². The van der Waals surface area contributed by atoms with Gasteiger partial charge in [0.1, 0.15) is 11.4 Å². The number of H-pyrrole nitrogens is 1. The number of aromatic nitrogens is 3. The van der Waals surface area contributed by atoms with Crippen LogP contribution in [-0.2, 0) is 5.41 Å². The van der Waals surface area contributed by atoms with Crippen molar-refractivity contribution in [3.8, 4) is 17.0 Å². The zero-order valence-electron chi connectivity index (χ0n) is 13.9. The van der Waals surface area contributed by atoms with Crippen LogP contribution >= 0.6 is 0 Å². The second-order valence-electron chi connectivity index (χ2n) is 6.69. The Labute approximate surface area is 140 Å².